The van der Waals surface area contributed by atoms with Crippen LogP contribution in [0.25, 0.3) is 31.3 Å². The van der Waals surface area contributed by atoms with Crippen LogP contribution in [0.1, 0.15) is 153 Å². The number of carbonyl (C=O) groups excluding carboxylic acids is 5. The molecule has 7 heterocycles. The third-order valence-electron chi connectivity index (χ3n) is 13.7. The van der Waals surface area contributed by atoms with Crippen LogP contribution in [0.3, 0.4) is 0 Å². The maximum absolute atomic E-state index is 12.4. The molecule has 3 unspecified atom stereocenters. The molecule has 4 aliphatic rings. The monoisotopic (exact) mass is 1170 g/mol. The lowest BCUT2D eigenvalue weighted by molar-refractivity contribution is -0.127. The highest BCUT2D eigenvalue weighted by Gasteiger charge is 2.32. The number of aromatic nitrogens is 3. The summed E-state index contributed by atoms with van der Waals surface area (Å²) >= 11 is 4.59. The van der Waals surface area contributed by atoms with E-state index in [9.17, 15) is 24.0 Å². The number of nitrogens with two attached hydrogens (primary N) is 3. The highest BCUT2D eigenvalue weighted by atomic mass is 35.5. The summed E-state index contributed by atoms with van der Waals surface area (Å²) in [5.41, 5.74) is 23.5. The Morgan fingerprint density at radius 3 is 1.31 bits per heavy atom. The van der Waals surface area contributed by atoms with Crippen LogP contribution in [0.2, 0.25) is 0 Å². The van der Waals surface area contributed by atoms with E-state index in [1.807, 2.05) is 114 Å². The van der Waals surface area contributed by atoms with Crippen LogP contribution in [0.5, 0.6) is 0 Å². The Kier molecular flexibility index (Phi) is 23.1. The fourth-order valence-electron chi connectivity index (χ4n) is 9.49. The molecule has 4 aliphatic heterocycles. The van der Waals surface area contributed by atoms with Gasteiger partial charge in [-0.3, -0.25) is 19.2 Å². The molecule has 20 heteroatoms. The van der Waals surface area contributed by atoms with Crippen LogP contribution in [0.4, 0.5) is 4.79 Å². The van der Waals surface area contributed by atoms with Gasteiger partial charge < -0.3 is 41.8 Å². The van der Waals surface area contributed by atoms with Gasteiger partial charge >= 0.3 is 6.09 Å². The van der Waals surface area contributed by atoms with Gasteiger partial charge in [-0.2, -0.15) is 0 Å². The van der Waals surface area contributed by atoms with E-state index in [1.54, 1.807) is 21.1 Å². The number of piperidine rings is 3. The van der Waals surface area contributed by atoms with Gasteiger partial charge in [-0.25, -0.2) is 19.7 Å². The summed E-state index contributed by atoms with van der Waals surface area (Å²) in [6, 6.07) is 24.1. The lowest BCUT2D eigenvalue weighted by atomic mass is 9.98. The number of primary amides is 3. The number of benzene rings is 3. The van der Waals surface area contributed by atoms with Crippen LogP contribution in [0, 0.1) is 20.8 Å². The quantitative estimate of drug-likeness (QED) is 0.0941. The maximum Gasteiger partial charge on any atom is 0.410 e. The van der Waals surface area contributed by atoms with E-state index in [0.29, 0.717) is 42.6 Å². The van der Waals surface area contributed by atoms with Gasteiger partial charge in [0, 0.05) is 63.7 Å². The van der Waals surface area contributed by atoms with Gasteiger partial charge in [0.05, 0.1) is 29.7 Å². The molecule has 5 amide bonds. The molecular formula is C60H76ClN9O7S3. The van der Waals surface area contributed by atoms with E-state index >= 15 is 0 Å². The Bertz CT molecular complexity index is 3040. The Morgan fingerprint density at radius 2 is 0.975 bits per heavy atom. The van der Waals surface area contributed by atoms with Gasteiger partial charge in [0.25, 0.3) is 17.7 Å². The number of nitrogens with one attached hydrogen (secondary N) is 1. The largest absolute Gasteiger partial charge is 0.444 e. The number of halogens is 1. The molecule has 80 heavy (non-hydrogen) atoms. The first-order chi connectivity index (χ1) is 37.8. The number of likely N-dealkylation sites (tertiary alicyclic amines) is 2. The van der Waals surface area contributed by atoms with Crippen LogP contribution in [0.15, 0.2) is 85.5 Å². The molecule has 428 valence electrons. The topological polar surface area (TPSA) is 239 Å². The number of rotatable bonds is 10. The second-order valence-corrected chi connectivity index (χ2v) is 24.4. The van der Waals surface area contributed by atoms with Crippen molar-refractivity contribution in [3.05, 3.63) is 134 Å². The smallest absolute Gasteiger partial charge is 0.410 e. The molecule has 0 bridgehead atoms. The lowest BCUT2D eigenvalue weighted by Gasteiger charge is -2.33. The number of amides is 5. The normalized spacial score (nSPS) is 17.9. The summed E-state index contributed by atoms with van der Waals surface area (Å²) in [6.45, 7) is 21.8. The summed E-state index contributed by atoms with van der Waals surface area (Å²) in [7, 11) is 0. The number of hydrogen-bond acceptors (Lipinski definition) is 14. The van der Waals surface area contributed by atoms with Crippen molar-refractivity contribution in [2.24, 2.45) is 17.2 Å². The minimum absolute atomic E-state index is 0. The molecule has 6 aromatic rings. The minimum atomic E-state index is -0.530. The molecule has 10 rings (SSSR count). The van der Waals surface area contributed by atoms with Crippen molar-refractivity contribution in [2.75, 3.05) is 52.5 Å². The van der Waals surface area contributed by atoms with Gasteiger partial charge in [0.15, 0.2) is 0 Å². The van der Waals surface area contributed by atoms with Crippen molar-refractivity contribution in [3.63, 3.8) is 0 Å². The number of ether oxygens (including phenoxy) is 2. The number of hydrogen-bond donors (Lipinski definition) is 4. The summed E-state index contributed by atoms with van der Waals surface area (Å²) in [5, 5.41) is 6.12. The highest BCUT2D eigenvalue weighted by molar-refractivity contribution is 7.16. The molecule has 0 aliphatic carbocycles. The fourth-order valence-corrected chi connectivity index (χ4v) is 13.1. The van der Waals surface area contributed by atoms with Crippen LogP contribution in [-0.2, 0) is 14.3 Å². The van der Waals surface area contributed by atoms with E-state index in [2.05, 4.69) is 26.8 Å². The molecule has 0 saturated carbocycles. The molecule has 0 spiro atoms. The summed E-state index contributed by atoms with van der Waals surface area (Å²) in [5.74, 6) is -0.970. The number of nitrogens with zero attached hydrogens (tertiary/aromatic N) is 5. The number of carbonyl (C=O) groups is 5. The van der Waals surface area contributed by atoms with Crippen molar-refractivity contribution in [3.8, 4) is 31.3 Å². The zero-order chi connectivity index (χ0) is 56.8. The first-order valence-corrected chi connectivity index (χ1v) is 29.5. The molecule has 3 aromatic heterocycles. The Morgan fingerprint density at radius 1 is 0.600 bits per heavy atom. The Labute approximate surface area is 488 Å². The second-order valence-electron chi connectivity index (χ2n) is 21.3. The molecule has 4 fully saturated rings. The van der Waals surface area contributed by atoms with Crippen molar-refractivity contribution in [2.45, 2.75) is 116 Å². The summed E-state index contributed by atoms with van der Waals surface area (Å²) < 4.78 is 10.4. The second kappa shape index (κ2) is 29.4. The van der Waals surface area contributed by atoms with Crippen molar-refractivity contribution < 1.29 is 33.4 Å². The average molecular weight is 1170 g/mol. The standard InChI is InChI=1S/C21H27N3O3S.C19H21N3O2S.C16H19N3OS.C4H8O.ClH/c1-13-7-9-14(10-8-13)17-16(18(22)25)23-19(28-17)15-6-5-11-24(12-15)20(26)27-21(2,3)4;1-3-15(23)22-10-4-5-14(11-22)19-21-16(18(20)24)17(25-19)13-8-6-12(2)7-9-13;1-10-4-6-11(7-5-10)14-13(15(17)20)19-16(21-14)12-3-2-8-18-9-12;1-2-4-5-3-1;/h7-10,15H,5-6,11-12H2,1-4H3,(H2,22,25);3,6-9,14H,1,4-5,10-11H2,2H3,(H2,20,24);4-7,12,18H,2-3,8-9H2,1H3,(H2,17,20);1-4H2;1H. The molecule has 0 radical (unpaired) electrons. The Balaban J connectivity index is 0.000000185. The fraction of sp³-hybridized carbons (Fsp3) is 0.433. The third kappa shape index (κ3) is 17.3. The summed E-state index contributed by atoms with van der Waals surface area (Å²) in [6.07, 6.45) is 9.50. The van der Waals surface area contributed by atoms with E-state index in [0.717, 1.165) is 129 Å². The van der Waals surface area contributed by atoms with Crippen LogP contribution >= 0.6 is 46.4 Å². The van der Waals surface area contributed by atoms with Crippen molar-refractivity contribution in [1.29, 1.82) is 0 Å². The zero-order valence-electron chi connectivity index (χ0n) is 46.7. The Hall–Kier alpha value is -6.35. The minimum Gasteiger partial charge on any atom is -0.444 e. The number of aryl methyl sites for hydroxylation is 3. The van der Waals surface area contributed by atoms with E-state index in [1.165, 1.54) is 47.2 Å². The van der Waals surface area contributed by atoms with Gasteiger partial charge in [-0.1, -0.05) is 96.1 Å². The van der Waals surface area contributed by atoms with Crippen LogP contribution < -0.4 is 22.5 Å². The first-order valence-electron chi connectivity index (χ1n) is 27.1. The van der Waals surface area contributed by atoms with Crippen molar-refractivity contribution in [1.82, 2.24) is 30.1 Å². The summed E-state index contributed by atoms with van der Waals surface area (Å²) in [4.78, 5) is 79.5. The van der Waals surface area contributed by atoms with E-state index < -0.39 is 23.3 Å². The predicted octanol–water partition coefficient (Wildman–Crippen LogP) is 11.3. The predicted molar refractivity (Wildman–Crippen MR) is 323 cm³/mol. The average Bonchev–Trinajstić information content (AvgIpc) is 4.32. The molecule has 3 aromatic carbocycles. The molecule has 7 N–H and O–H groups in total. The SMILES string of the molecule is C1CCOC1.C=CC(=O)N1CCCC(c2nc(C(N)=O)c(-c3ccc(C)cc3)s2)C1.Cc1ccc(-c2sc(C3CCCN(C(=O)OC(C)(C)C)C3)nc2C(N)=O)cc1.Cc1ccc(-c2sc(C3CCCNC3)nc2C(N)=O)cc1.Cl. The zero-order valence-corrected chi connectivity index (χ0v) is 50.0. The molecule has 3 atom stereocenters. The van der Waals surface area contributed by atoms with Gasteiger partial charge in [0.2, 0.25) is 5.91 Å². The maximum atomic E-state index is 12.4. The first kappa shape index (κ1) is 62.8. The van der Waals surface area contributed by atoms with E-state index in [4.69, 9.17) is 26.7 Å². The van der Waals surface area contributed by atoms with Gasteiger partial charge in [-0.15, -0.1) is 46.4 Å². The highest BCUT2D eigenvalue weighted by Crippen LogP contribution is 2.40. The number of thiazole rings is 3. The van der Waals surface area contributed by atoms with E-state index in [-0.39, 0.29) is 36.2 Å². The molecule has 4 saturated heterocycles. The van der Waals surface area contributed by atoms with Crippen LogP contribution in [-0.4, -0.2) is 113 Å². The van der Waals surface area contributed by atoms with Crippen molar-refractivity contribution >= 4 is 76.1 Å². The molecule has 16 nitrogen and oxygen atoms in total. The third-order valence-corrected chi connectivity index (χ3v) is 17.5. The van der Waals surface area contributed by atoms with Gasteiger partial charge in [-0.05, 0) is 122 Å². The van der Waals surface area contributed by atoms with Gasteiger partial charge in [0.1, 0.15) is 22.7 Å². The molecular weight excluding hydrogens is 1090 g/mol. The lowest BCUT2D eigenvalue weighted by Crippen LogP contribution is -2.42.